The number of hydrogen-bond donors (Lipinski definition) is 0. The number of nitrogens with zero attached hydrogens (tertiary/aromatic N) is 3. The second-order valence-electron chi connectivity index (χ2n) is 7.53. The van der Waals surface area contributed by atoms with Crippen molar-refractivity contribution in [3.05, 3.63) is 59.5 Å². The van der Waals surface area contributed by atoms with Gasteiger partial charge in [-0.25, -0.2) is 9.67 Å². The molecule has 0 saturated carbocycles. The molecule has 0 aliphatic heterocycles. The molecule has 3 aromatic rings. The fraction of sp³-hybridized carbons (Fsp3) is 0.375. The summed E-state index contributed by atoms with van der Waals surface area (Å²) in [5, 5.41) is 4.53. The molecule has 0 fully saturated rings. The lowest BCUT2D eigenvalue weighted by atomic mass is 10.1. The average molecular weight is 477 g/mol. The highest BCUT2D eigenvalue weighted by molar-refractivity contribution is 5.71. The normalized spacial score (nSPS) is 11.4. The maximum atomic E-state index is 12.8. The summed E-state index contributed by atoms with van der Waals surface area (Å²) < 4.78 is 56.3. The smallest absolute Gasteiger partial charge is 0.417 e. The minimum Gasteiger partial charge on any atom is -0.493 e. The lowest BCUT2D eigenvalue weighted by molar-refractivity contribution is -0.138. The van der Waals surface area contributed by atoms with Crippen molar-refractivity contribution in [1.82, 2.24) is 14.8 Å². The molecule has 0 radical (unpaired) electrons. The highest BCUT2D eigenvalue weighted by Gasteiger charge is 2.30. The molecule has 2 aromatic heterocycles. The molecule has 0 N–H and O–H groups in total. The molecule has 1 aromatic carbocycles. The van der Waals surface area contributed by atoms with E-state index in [1.807, 2.05) is 6.92 Å². The molecule has 0 saturated heterocycles. The Morgan fingerprint density at radius 3 is 2.50 bits per heavy atom. The average Bonchev–Trinajstić information content (AvgIpc) is 3.19. The van der Waals surface area contributed by atoms with E-state index < -0.39 is 17.7 Å². The summed E-state index contributed by atoms with van der Waals surface area (Å²) in [4.78, 5) is 15.3. The van der Waals surface area contributed by atoms with Crippen LogP contribution >= 0.6 is 0 Å². The van der Waals surface area contributed by atoms with Crippen molar-refractivity contribution >= 4 is 5.97 Å². The van der Waals surface area contributed by atoms with Gasteiger partial charge >= 0.3 is 12.1 Å². The van der Waals surface area contributed by atoms with Gasteiger partial charge in [0, 0.05) is 19.3 Å². The van der Waals surface area contributed by atoms with Crippen LogP contribution in [0, 0.1) is 0 Å². The fourth-order valence-corrected chi connectivity index (χ4v) is 3.38. The van der Waals surface area contributed by atoms with Gasteiger partial charge in [0.2, 0.25) is 5.75 Å². The van der Waals surface area contributed by atoms with Gasteiger partial charge in [-0.1, -0.05) is 19.4 Å². The van der Waals surface area contributed by atoms with E-state index in [1.54, 1.807) is 24.4 Å². The minimum atomic E-state index is -4.44. The molecule has 0 bridgehead atoms. The number of benzene rings is 1. The summed E-state index contributed by atoms with van der Waals surface area (Å²) in [5.74, 6) is 0.921. The fourth-order valence-electron chi connectivity index (χ4n) is 3.38. The van der Waals surface area contributed by atoms with Gasteiger partial charge in [-0.15, -0.1) is 0 Å². The third-order valence-corrected chi connectivity index (χ3v) is 4.93. The second kappa shape index (κ2) is 11.0. The van der Waals surface area contributed by atoms with Crippen molar-refractivity contribution < 1.29 is 32.2 Å². The summed E-state index contributed by atoms with van der Waals surface area (Å²) in [6.45, 7) is 3.66. The Kier molecular flexibility index (Phi) is 8.14. The Hall–Kier alpha value is -3.56. The Morgan fingerprint density at radius 1 is 1.12 bits per heavy atom. The van der Waals surface area contributed by atoms with Crippen molar-refractivity contribution in [2.45, 2.75) is 45.7 Å². The topological polar surface area (TPSA) is 75.5 Å². The number of pyridine rings is 1. The van der Waals surface area contributed by atoms with E-state index >= 15 is 0 Å². The summed E-state index contributed by atoms with van der Waals surface area (Å²) >= 11 is 0. The number of para-hydroxylation sites is 1. The summed E-state index contributed by atoms with van der Waals surface area (Å²) in [6.07, 6.45) is 1.01. The van der Waals surface area contributed by atoms with Crippen molar-refractivity contribution in [2.24, 2.45) is 0 Å². The molecule has 0 amide bonds. The standard InChI is InChI=1S/C24H26F3N3O4/c1-4-7-19-17(15-30(29-19)22-12-11-18(14-28-22)24(25,26)27)8-6-13-33-23-20(32-3)9-5-10-21(23)34-16(2)31/h5,9-12,14-15H,4,6-8,13H2,1-3H3. The van der Waals surface area contributed by atoms with E-state index in [4.69, 9.17) is 14.2 Å². The SMILES string of the molecule is CCCc1nn(-c2ccc(C(F)(F)F)cn2)cc1CCCOc1c(OC)cccc1OC(C)=O. The third kappa shape index (κ3) is 6.27. The quantitative estimate of drug-likeness (QED) is 0.227. The number of aromatic nitrogens is 3. The van der Waals surface area contributed by atoms with Gasteiger partial charge in [-0.2, -0.15) is 18.3 Å². The molecule has 0 unspecified atom stereocenters. The first-order valence-electron chi connectivity index (χ1n) is 10.8. The van der Waals surface area contributed by atoms with Gasteiger partial charge < -0.3 is 14.2 Å². The van der Waals surface area contributed by atoms with Crippen LogP contribution in [0.2, 0.25) is 0 Å². The Morgan fingerprint density at radius 2 is 1.88 bits per heavy atom. The Bertz CT molecular complexity index is 1110. The van der Waals surface area contributed by atoms with Gasteiger partial charge in [0.25, 0.3) is 0 Å². The zero-order valence-corrected chi connectivity index (χ0v) is 19.2. The van der Waals surface area contributed by atoms with Crippen LogP contribution in [0.15, 0.2) is 42.7 Å². The summed E-state index contributed by atoms with van der Waals surface area (Å²) in [5.41, 5.74) is 1.02. The maximum Gasteiger partial charge on any atom is 0.417 e. The monoisotopic (exact) mass is 477 g/mol. The van der Waals surface area contributed by atoms with Crippen LogP contribution in [0.4, 0.5) is 13.2 Å². The van der Waals surface area contributed by atoms with Crippen molar-refractivity contribution in [3.8, 4) is 23.1 Å². The molecule has 2 heterocycles. The van der Waals surface area contributed by atoms with E-state index in [0.717, 1.165) is 36.4 Å². The number of carbonyl (C=O) groups is 1. The van der Waals surface area contributed by atoms with Crippen LogP contribution < -0.4 is 14.2 Å². The van der Waals surface area contributed by atoms with E-state index in [1.165, 1.54) is 24.8 Å². The first-order chi connectivity index (χ1) is 16.2. The van der Waals surface area contributed by atoms with Crippen LogP contribution in [-0.4, -0.2) is 34.5 Å². The lowest BCUT2D eigenvalue weighted by Crippen LogP contribution is -2.07. The molecule has 34 heavy (non-hydrogen) atoms. The van der Waals surface area contributed by atoms with Crippen LogP contribution in [-0.2, 0) is 23.8 Å². The number of carbonyl (C=O) groups excluding carboxylic acids is 1. The number of halogens is 3. The van der Waals surface area contributed by atoms with Gasteiger partial charge in [-0.3, -0.25) is 4.79 Å². The Balaban J connectivity index is 1.70. The molecular formula is C24H26F3N3O4. The number of rotatable bonds is 10. The van der Waals surface area contributed by atoms with Gasteiger partial charge in [0.05, 0.1) is 25.0 Å². The number of esters is 1. The van der Waals surface area contributed by atoms with Crippen LogP contribution in [0.25, 0.3) is 5.82 Å². The lowest BCUT2D eigenvalue weighted by Gasteiger charge is -2.14. The molecule has 10 heteroatoms. The van der Waals surface area contributed by atoms with Gasteiger partial charge in [0.1, 0.15) is 0 Å². The first-order valence-corrected chi connectivity index (χ1v) is 10.8. The predicted molar refractivity (Wildman–Crippen MR) is 118 cm³/mol. The predicted octanol–water partition coefficient (Wildman–Crippen LogP) is 5.18. The zero-order chi connectivity index (χ0) is 24.7. The van der Waals surface area contributed by atoms with Crippen LogP contribution in [0.5, 0.6) is 17.2 Å². The zero-order valence-electron chi connectivity index (χ0n) is 19.2. The Labute approximate surface area is 195 Å². The molecule has 7 nitrogen and oxygen atoms in total. The first kappa shape index (κ1) is 25.1. The van der Waals surface area contributed by atoms with E-state index in [9.17, 15) is 18.0 Å². The molecule has 0 atom stereocenters. The highest BCUT2D eigenvalue weighted by Crippen LogP contribution is 2.37. The highest BCUT2D eigenvalue weighted by atomic mass is 19.4. The number of methoxy groups -OCH3 is 1. The molecule has 182 valence electrons. The number of aryl methyl sites for hydroxylation is 2. The van der Waals surface area contributed by atoms with E-state index in [2.05, 4.69) is 10.1 Å². The van der Waals surface area contributed by atoms with Crippen LogP contribution in [0.1, 0.15) is 43.5 Å². The molecule has 3 rings (SSSR count). The maximum absolute atomic E-state index is 12.8. The second-order valence-corrected chi connectivity index (χ2v) is 7.53. The van der Waals surface area contributed by atoms with Crippen molar-refractivity contribution in [2.75, 3.05) is 13.7 Å². The third-order valence-electron chi connectivity index (χ3n) is 4.93. The van der Waals surface area contributed by atoms with E-state index in [0.29, 0.717) is 36.8 Å². The minimum absolute atomic E-state index is 0.278. The molecule has 0 spiro atoms. The number of alkyl halides is 3. The molecule has 0 aliphatic carbocycles. The molecular weight excluding hydrogens is 451 g/mol. The van der Waals surface area contributed by atoms with Crippen LogP contribution in [0.3, 0.4) is 0 Å². The number of ether oxygens (including phenoxy) is 3. The van der Waals surface area contributed by atoms with Gasteiger partial charge in [0.15, 0.2) is 17.3 Å². The largest absolute Gasteiger partial charge is 0.493 e. The van der Waals surface area contributed by atoms with Crippen molar-refractivity contribution in [3.63, 3.8) is 0 Å². The molecule has 0 aliphatic rings. The van der Waals surface area contributed by atoms with Crippen molar-refractivity contribution in [1.29, 1.82) is 0 Å². The summed E-state index contributed by atoms with van der Waals surface area (Å²) in [7, 11) is 1.50. The van der Waals surface area contributed by atoms with E-state index in [-0.39, 0.29) is 5.75 Å². The summed E-state index contributed by atoms with van der Waals surface area (Å²) in [6, 6.07) is 7.33. The number of hydrogen-bond acceptors (Lipinski definition) is 6. The van der Waals surface area contributed by atoms with Gasteiger partial charge in [-0.05, 0) is 49.1 Å².